The number of benzene rings is 1. The maximum atomic E-state index is 12.2. The Bertz CT molecular complexity index is 576. The Morgan fingerprint density at radius 1 is 1.37 bits per heavy atom. The number of rotatable bonds is 5. The molecule has 4 nitrogen and oxygen atoms in total. The SMILES string of the molecule is Cc1cc(NCCO)c2cc(OC(F)F)ccc2n1. The number of nitrogens with zero attached hydrogens (tertiary/aromatic N) is 1. The highest BCUT2D eigenvalue weighted by molar-refractivity contribution is 5.92. The van der Waals surface area contributed by atoms with Gasteiger partial charge in [-0.25, -0.2) is 0 Å². The third-order valence-corrected chi connectivity index (χ3v) is 2.56. The van der Waals surface area contributed by atoms with Crippen LogP contribution in [0.25, 0.3) is 10.9 Å². The van der Waals surface area contributed by atoms with Crippen LogP contribution in [0.3, 0.4) is 0 Å². The second-order valence-electron chi connectivity index (χ2n) is 4.02. The summed E-state index contributed by atoms with van der Waals surface area (Å²) in [6.07, 6.45) is 0. The van der Waals surface area contributed by atoms with Gasteiger partial charge in [-0.2, -0.15) is 8.78 Å². The molecule has 1 aromatic carbocycles. The quantitative estimate of drug-likeness (QED) is 0.875. The molecule has 2 aromatic rings. The number of hydrogen-bond donors (Lipinski definition) is 2. The first-order valence-corrected chi connectivity index (χ1v) is 5.81. The van der Waals surface area contributed by atoms with Gasteiger partial charge in [0.05, 0.1) is 12.1 Å². The van der Waals surface area contributed by atoms with Crippen LogP contribution >= 0.6 is 0 Å². The normalized spacial score (nSPS) is 11.0. The van der Waals surface area contributed by atoms with Crippen LogP contribution < -0.4 is 10.1 Å². The number of aliphatic hydroxyl groups excluding tert-OH is 1. The minimum absolute atomic E-state index is 0.0178. The molecule has 0 unspecified atom stereocenters. The van der Waals surface area contributed by atoms with Crippen LogP contribution in [0.1, 0.15) is 5.69 Å². The van der Waals surface area contributed by atoms with Gasteiger partial charge in [-0.15, -0.1) is 0 Å². The molecule has 0 atom stereocenters. The summed E-state index contributed by atoms with van der Waals surface area (Å²) in [5, 5.41) is 12.5. The maximum absolute atomic E-state index is 12.2. The van der Waals surface area contributed by atoms with Gasteiger partial charge in [0.2, 0.25) is 0 Å². The molecule has 0 aliphatic heterocycles. The molecular formula is C13H14F2N2O2. The van der Waals surface area contributed by atoms with E-state index in [-0.39, 0.29) is 12.4 Å². The zero-order valence-corrected chi connectivity index (χ0v) is 10.4. The highest BCUT2D eigenvalue weighted by Gasteiger charge is 2.08. The Labute approximate surface area is 109 Å². The number of alkyl halides is 2. The van der Waals surface area contributed by atoms with Crippen LogP contribution in [0.2, 0.25) is 0 Å². The summed E-state index contributed by atoms with van der Waals surface area (Å²) in [6.45, 7) is -0.661. The zero-order valence-electron chi connectivity index (χ0n) is 10.4. The van der Waals surface area contributed by atoms with E-state index in [9.17, 15) is 8.78 Å². The molecule has 0 spiro atoms. The average Bonchev–Trinajstić information content (AvgIpc) is 2.35. The van der Waals surface area contributed by atoms with Crippen LogP contribution in [0, 0.1) is 6.92 Å². The summed E-state index contributed by atoms with van der Waals surface area (Å²) in [7, 11) is 0. The largest absolute Gasteiger partial charge is 0.435 e. The summed E-state index contributed by atoms with van der Waals surface area (Å²) >= 11 is 0. The highest BCUT2D eigenvalue weighted by Crippen LogP contribution is 2.27. The lowest BCUT2D eigenvalue weighted by atomic mass is 10.1. The van der Waals surface area contributed by atoms with E-state index in [4.69, 9.17) is 5.11 Å². The molecule has 0 fully saturated rings. The second kappa shape index (κ2) is 5.79. The molecule has 1 aromatic heterocycles. The second-order valence-corrected chi connectivity index (χ2v) is 4.02. The lowest BCUT2D eigenvalue weighted by Gasteiger charge is -2.11. The average molecular weight is 268 g/mol. The molecule has 0 amide bonds. The van der Waals surface area contributed by atoms with E-state index >= 15 is 0 Å². The van der Waals surface area contributed by atoms with Crippen molar-refractivity contribution in [2.75, 3.05) is 18.5 Å². The van der Waals surface area contributed by atoms with E-state index in [1.54, 1.807) is 12.1 Å². The summed E-state index contributed by atoms with van der Waals surface area (Å²) in [6, 6.07) is 6.39. The Balaban J connectivity index is 2.45. The molecule has 102 valence electrons. The van der Waals surface area contributed by atoms with E-state index in [2.05, 4.69) is 15.0 Å². The van der Waals surface area contributed by atoms with Crippen LogP contribution in [0.5, 0.6) is 5.75 Å². The molecule has 0 aliphatic rings. The van der Waals surface area contributed by atoms with Crippen molar-refractivity contribution in [3.05, 3.63) is 30.0 Å². The van der Waals surface area contributed by atoms with Gasteiger partial charge in [-0.1, -0.05) is 0 Å². The summed E-state index contributed by atoms with van der Waals surface area (Å²) in [4.78, 5) is 4.32. The van der Waals surface area contributed by atoms with Crippen molar-refractivity contribution in [2.45, 2.75) is 13.5 Å². The van der Waals surface area contributed by atoms with Gasteiger partial charge in [0, 0.05) is 23.3 Å². The predicted octanol–water partition coefficient (Wildman–Crippen LogP) is 2.55. The minimum Gasteiger partial charge on any atom is -0.435 e. The van der Waals surface area contributed by atoms with Crippen LogP contribution in [0.15, 0.2) is 24.3 Å². The van der Waals surface area contributed by atoms with Crippen molar-refractivity contribution >= 4 is 16.6 Å². The Morgan fingerprint density at radius 3 is 2.84 bits per heavy atom. The van der Waals surface area contributed by atoms with Gasteiger partial charge in [0.1, 0.15) is 5.75 Å². The lowest BCUT2D eigenvalue weighted by molar-refractivity contribution is -0.0497. The third-order valence-electron chi connectivity index (χ3n) is 2.56. The predicted molar refractivity (Wildman–Crippen MR) is 68.7 cm³/mol. The first kappa shape index (κ1) is 13.5. The van der Waals surface area contributed by atoms with Gasteiger partial charge in [-0.05, 0) is 31.2 Å². The van der Waals surface area contributed by atoms with Crippen molar-refractivity contribution in [3.8, 4) is 5.75 Å². The number of anilines is 1. The molecule has 19 heavy (non-hydrogen) atoms. The van der Waals surface area contributed by atoms with Crippen LogP contribution in [0.4, 0.5) is 14.5 Å². The van der Waals surface area contributed by atoms with Gasteiger partial charge in [0.15, 0.2) is 0 Å². The highest BCUT2D eigenvalue weighted by atomic mass is 19.3. The fraction of sp³-hybridized carbons (Fsp3) is 0.308. The number of fused-ring (bicyclic) bond motifs is 1. The van der Waals surface area contributed by atoms with Crippen LogP contribution in [-0.2, 0) is 0 Å². The summed E-state index contributed by atoms with van der Waals surface area (Å²) in [5.74, 6) is 0.0835. The number of hydrogen-bond acceptors (Lipinski definition) is 4. The molecule has 6 heteroatoms. The Morgan fingerprint density at radius 2 is 2.16 bits per heavy atom. The van der Waals surface area contributed by atoms with E-state index in [0.29, 0.717) is 17.4 Å². The topological polar surface area (TPSA) is 54.4 Å². The zero-order chi connectivity index (χ0) is 13.8. The minimum atomic E-state index is -2.86. The van der Waals surface area contributed by atoms with E-state index < -0.39 is 6.61 Å². The smallest absolute Gasteiger partial charge is 0.387 e. The Kier molecular flexibility index (Phi) is 4.11. The van der Waals surface area contributed by atoms with Gasteiger partial charge < -0.3 is 15.2 Å². The molecule has 0 saturated carbocycles. The van der Waals surface area contributed by atoms with Crippen molar-refractivity contribution in [1.29, 1.82) is 0 Å². The molecule has 2 rings (SSSR count). The molecule has 1 heterocycles. The molecular weight excluding hydrogens is 254 g/mol. The van der Waals surface area contributed by atoms with E-state index in [1.165, 1.54) is 12.1 Å². The fourth-order valence-corrected chi connectivity index (χ4v) is 1.85. The number of halogens is 2. The van der Waals surface area contributed by atoms with Crippen molar-refractivity contribution < 1.29 is 18.6 Å². The fourth-order valence-electron chi connectivity index (χ4n) is 1.85. The van der Waals surface area contributed by atoms with Crippen molar-refractivity contribution in [1.82, 2.24) is 4.98 Å². The standard InChI is InChI=1S/C13H14F2N2O2/c1-8-6-12(16-4-5-18)10-7-9(19-13(14)15)2-3-11(10)17-8/h2-3,6-7,13,18H,4-5H2,1H3,(H,16,17). The van der Waals surface area contributed by atoms with Gasteiger partial charge in [0.25, 0.3) is 0 Å². The number of nitrogens with one attached hydrogen (secondary N) is 1. The van der Waals surface area contributed by atoms with Crippen molar-refractivity contribution in [2.24, 2.45) is 0 Å². The molecule has 0 aliphatic carbocycles. The van der Waals surface area contributed by atoms with Crippen LogP contribution in [-0.4, -0.2) is 29.9 Å². The maximum Gasteiger partial charge on any atom is 0.387 e. The molecule has 0 radical (unpaired) electrons. The monoisotopic (exact) mass is 268 g/mol. The summed E-state index contributed by atoms with van der Waals surface area (Å²) < 4.78 is 28.8. The summed E-state index contributed by atoms with van der Waals surface area (Å²) in [5.41, 5.74) is 2.22. The number of aryl methyl sites for hydroxylation is 1. The number of aliphatic hydroxyl groups is 1. The van der Waals surface area contributed by atoms with Gasteiger partial charge >= 0.3 is 6.61 Å². The Hall–Kier alpha value is -1.95. The van der Waals surface area contributed by atoms with Crippen molar-refractivity contribution in [3.63, 3.8) is 0 Å². The number of aromatic nitrogens is 1. The number of pyridine rings is 1. The molecule has 0 bridgehead atoms. The first-order valence-electron chi connectivity index (χ1n) is 5.81. The lowest BCUT2D eigenvalue weighted by Crippen LogP contribution is -2.07. The first-order chi connectivity index (χ1) is 9.10. The third kappa shape index (κ3) is 3.29. The van der Waals surface area contributed by atoms with E-state index in [1.807, 2.05) is 6.92 Å². The van der Waals surface area contributed by atoms with Gasteiger partial charge in [-0.3, -0.25) is 4.98 Å². The van der Waals surface area contributed by atoms with E-state index in [0.717, 1.165) is 11.4 Å². The molecule has 2 N–H and O–H groups in total. The molecule has 0 saturated heterocycles. The number of ether oxygens (including phenoxy) is 1.